The van der Waals surface area contributed by atoms with Crippen LogP contribution in [0.15, 0.2) is 86.6 Å². The molecule has 12 nitrogen and oxygen atoms in total. The fraction of sp³-hybridized carbons (Fsp3) is 0.217. The first-order valence-corrected chi connectivity index (χ1v) is 11.9. The molecular weight excluding hydrogens is 490 g/mol. The van der Waals surface area contributed by atoms with E-state index in [9.17, 15) is 33.6 Å². The number of allylic oxidation sites excluding steroid dienone is 3. The number of nitrogens with one attached hydrogen (secondary N) is 2. The summed E-state index contributed by atoms with van der Waals surface area (Å²) in [5.41, 5.74) is -1.42. The number of aliphatic hydroxyl groups excluding tert-OH is 3. The monoisotopic (exact) mass is 517 g/mol. The SMILES string of the molecule is C=N/C(=C\C=C/C)NS(=O)(=O)c1ccc(N=Nc2ccc(O)c(C(=O)NC(CO)(CO)CO)c2)cc1. The van der Waals surface area contributed by atoms with E-state index >= 15 is 0 Å². The Morgan fingerprint density at radius 3 is 2.17 bits per heavy atom. The Bertz CT molecular complexity index is 1260. The van der Waals surface area contributed by atoms with E-state index in [1.807, 2.05) is 0 Å². The van der Waals surface area contributed by atoms with Crippen LogP contribution in [0.5, 0.6) is 5.75 Å². The molecule has 0 heterocycles. The lowest BCUT2D eigenvalue weighted by atomic mass is 10.0. The molecule has 0 aliphatic rings. The molecular formula is C23H27N5O7S. The van der Waals surface area contributed by atoms with Gasteiger partial charge in [-0.05, 0) is 62.2 Å². The third-order valence-electron chi connectivity index (χ3n) is 4.80. The Hall–Kier alpha value is -3.91. The first-order chi connectivity index (χ1) is 17.1. The summed E-state index contributed by atoms with van der Waals surface area (Å²) < 4.78 is 27.4. The number of nitrogens with zero attached hydrogens (tertiary/aromatic N) is 3. The first kappa shape index (κ1) is 28.3. The number of rotatable bonds is 12. The average molecular weight is 518 g/mol. The summed E-state index contributed by atoms with van der Waals surface area (Å²) in [6, 6.07) is 9.28. The number of phenolic OH excluding ortho intramolecular Hbond substituents is 1. The highest BCUT2D eigenvalue weighted by Gasteiger charge is 2.31. The summed E-state index contributed by atoms with van der Waals surface area (Å²) in [5.74, 6) is -1.20. The molecule has 0 unspecified atom stereocenters. The smallest absolute Gasteiger partial charge is 0.263 e. The Labute approximate surface area is 208 Å². The average Bonchev–Trinajstić information content (AvgIpc) is 2.89. The lowest BCUT2D eigenvalue weighted by Gasteiger charge is -2.28. The van der Waals surface area contributed by atoms with Crippen molar-refractivity contribution < 1.29 is 33.6 Å². The topological polar surface area (TPSA) is 193 Å². The number of amides is 1. The van der Waals surface area contributed by atoms with Gasteiger partial charge in [0, 0.05) is 0 Å². The maximum atomic E-state index is 12.5. The van der Waals surface area contributed by atoms with Gasteiger partial charge in [0.25, 0.3) is 15.9 Å². The quantitative estimate of drug-likeness (QED) is 0.140. The Kier molecular flexibility index (Phi) is 9.99. The van der Waals surface area contributed by atoms with Gasteiger partial charge >= 0.3 is 0 Å². The van der Waals surface area contributed by atoms with Gasteiger partial charge in [-0.25, -0.2) is 13.4 Å². The van der Waals surface area contributed by atoms with Crippen molar-refractivity contribution in [2.75, 3.05) is 19.8 Å². The van der Waals surface area contributed by atoms with Gasteiger partial charge < -0.3 is 25.7 Å². The molecule has 0 spiro atoms. The molecule has 6 N–H and O–H groups in total. The van der Waals surface area contributed by atoms with E-state index in [1.54, 1.807) is 19.1 Å². The zero-order valence-corrected chi connectivity index (χ0v) is 20.2. The summed E-state index contributed by atoms with van der Waals surface area (Å²) in [4.78, 5) is 16.1. The molecule has 0 saturated heterocycles. The number of sulfonamides is 1. The fourth-order valence-corrected chi connectivity index (χ4v) is 3.68. The molecule has 0 aliphatic heterocycles. The number of carbonyl (C=O) groups is 1. The number of hydrogen-bond donors (Lipinski definition) is 6. The Balaban J connectivity index is 2.21. The molecule has 0 atom stereocenters. The first-order valence-electron chi connectivity index (χ1n) is 10.5. The van der Waals surface area contributed by atoms with E-state index in [2.05, 4.69) is 32.0 Å². The maximum Gasteiger partial charge on any atom is 0.263 e. The van der Waals surface area contributed by atoms with Gasteiger partial charge in [0.2, 0.25) is 0 Å². The highest BCUT2D eigenvalue weighted by atomic mass is 32.2. The van der Waals surface area contributed by atoms with Gasteiger partial charge in [0.15, 0.2) is 0 Å². The minimum atomic E-state index is -3.91. The van der Waals surface area contributed by atoms with Gasteiger partial charge in [0.05, 0.1) is 41.7 Å². The van der Waals surface area contributed by atoms with Crippen LogP contribution in [0.2, 0.25) is 0 Å². The molecule has 1 amide bonds. The number of aliphatic imine (C=N–C) groups is 1. The van der Waals surface area contributed by atoms with Crippen LogP contribution < -0.4 is 10.0 Å². The predicted octanol–water partition coefficient (Wildman–Crippen LogP) is 1.65. The van der Waals surface area contributed by atoms with Crippen molar-refractivity contribution in [1.29, 1.82) is 0 Å². The lowest BCUT2D eigenvalue weighted by Crippen LogP contribution is -2.57. The van der Waals surface area contributed by atoms with Crippen molar-refractivity contribution in [2.45, 2.75) is 17.4 Å². The summed E-state index contributed by atoms with van der Waals surface area (Å²) in [7, 11) is -3.91. The number of benzene rings is 2. The molecule has 2 aromatic rings. The van der Waals surface area contributed by atoms with E-state index in [-0.39, 0.29) is 22.0 Å². The zero-order valence-electron chi connectivity index (χ0n) is 19.4. The van der Waals surface area contributed by atoms with E-state index in [0.29, 0.717) is 5.69 Å². The van der Waals surface area contributed by atoms with E-state index in [1.165, 1.54) is 48.5 Å². The van der Waals surface area contributed by atoms with Gasteiger partial charge in [-0.2, -0.15) is 10.2 Å². The molecule has 0 aliphatic carbocycles. The van der Waals surface area contributed by atoms with Gasteiger partial charge in [-0.1, -0.05) is 12.2 Å². The molecule has 0 saturated carbocycles. The second-order valence-corrected chi connectivity index (χ2v) is 9.13. The van der Waals surface area contributed by atoms with Crippen LogP contribution in [-0.2, 0) is 10.0 Å². The van der Waals surface area contributed by atoms with Crippen molar-refractivity contribution >= 4 is 34.0 Å². The Morgan fingerprint density at radius 1 is 1.03 bits per heavy atom. The minimum Gasteiger partial charge on any atom is -0.507 e. The maximum absolute atomic E-state index is 12.5. The van der Waals surface area contributed by atoms with Crippen LogP contribution in [0.4, 0.5) is 11.4 Å². The van der Waals surface area contributed by atoms with Crippen molar-refractivity contribution in [3.05, 3.63) is 72.1 Å². The number of phenols is 1. The number of aliphatic hydroxyl groups is 3. The third-order valence-corrected chi connectivity index (χ3v) is 6.17. The van der Waals surface area contributed by atoms with Crippen LogP contribution in [0.1, 0.15) is 17.3 Å². The number of hydrogen-bond acceptors (Lipinski definition) is 10. The molecule has 192 valence electrons. The highest BCUT2D eigenvalue weighted by Crippen LogP contribution is 2.26. The molecule has 0 bridgehead atoms. The molecule has 0 radical (unpaired) electrons. The second-order valence-electron chi connectivity index (χ2n) is 7.45. The lowest BCUT2D eigenvalue weighted by molar-refractivity contribution is 0.0374. The molecule has 2 rings (SSSR count). The van der Waals surface area contributed by atoms with Crippen LogP contribution in [-0.4, -0.2) is 66.8 Å². The molecule has 13 heteroatoms. The predicted molar refractivity (Wildman–Crippen MR) is 133 cm³/mol. The summed E-state index contributed by atoms with van der Waals surface area (Å²) in [6.07, 6.45) is 4.77. The van der Waals surface area contributed by atoms with Crippen LogP contribution >= 0.6 is 0 Å². The van der Waals surface area contributed by atoms with Gasteiger partial charge in [0.1, 0.15) is 17.1 Å². The standard InChI is InChI=1S/C23H27N5O7S/c1-3-4-5-21(24-2)28-36(34,35)18-9-6-16(7-10-18)26-27-17-8-11-20(32)19(12-17)22(33)25-23(13-29,14-30)15-31/h3-12,28-32H,2,13-15H2,1H3,(H,25,33)/b4-3-,21-5+,27-26?. The third kappa shape index (κ3) is 7.29. The summed E-state index contributed by atoms with van der Waals surface area (Å²) >= 11 is 0. The number of aromatic hydroxyl groups is 1. The molecule has 2 aromatic carbocycles. The molecule has 36 heavy (non-hydrogen) atoms. The van der Waals surface area contributed by atoms with Crippen molar-refractivity contribution in [2.24, 2.45) is 15.2 Å². The van der Waals surface area contributed by atoms with Crippen LogP contribution in [0, 0.1) is 0 Å². The zero-order chi connectivity index (χ0) is 26.8. The number of azo groups is 1. The highest BCUT2D eigenvalue weighted by molar-refractivity contribution is 7.89. The Morgan fingerprint density at radius 2 is 1.61 bits per heavy atom. The largest absolute Gasteiger partial charge is 0.507 e. The van der Waals surface area contributed by atoms with E-state index in [4.69, 9.17) is 0 Å². The van der Waals surface area contributed by atoms with Crippen LogP contribution in [0.3, 0.4) is 0 Å². The van der Waals surface area contributed by atoms with E-state index < -0.39 is 47.0 Å². The minimum absolute atomic E-state index is 0.0415. The molecule has 0 aromatic heterocycles. The summed E-state index contributed by atoms with van der Waals surface area (Å²) in [5, 5.41) is 48.4. The fourth-order valence-electron chi connectivity index (χ4n) is 2.66. The van der Waals surface area contributed by atoms with Crippen LogP contribution in [0.25, 0.3) is 0 Å². The summed E-state index contributed by atoms with van der Waals surface area (Å²) in [6.45, 7) is 2.90. The molecule has 0 fully saturated rings. The van der Waals surface area contributed by atoms with Crippen molar-refractivity contribution in [1.82, 2.24) is 10.0 Å². The van der Waals surface area contributed by atoms with Crippen molar-refractivity contribution in [3.8, 4) is 5.75 Å². The number of carbonyl (C=O) groups excluding carboxylic acids is 1. The van der Waals surface area contributed by atoms with Gasteiger partial charge in [-0.3, -0.25) is 9.52 Å². The second kappa shape index (κ2) is 12.7. The van der Waals surface area contributed by atoms with Crippen molar-refractivity contribution in [3.63, 3.8) is 0 Å². The van der Waals surface area contributed by atoms with E-state index in [0.717, 1.165) is 0 Å². The normalized spacial score (nSPS) is 12.7. The van der Waals surface area contributed by atoms with Gasteiger partial charge in [-0.15, -0.1) is 0 Å².